The smallest absolute Gasteiger partial charge is 0.300 e. The highest BCUT2D eigenvalue weighted by Crippen LogP contribution is 2.46. The Morgan fingerprint density at radius 3 is 2.47 bits per heavy atom. The van der Waals surface area contributed by atoms with E-state index < -0.39 is 17.7 Å². The molecule has 2 N–H and O–H groups in total. The number of carbonyl (C=O) groups excluding carboxylic acids is 2. The van der Waals surface area contributed by atoms with Crippen LogP contribution in [0.5, 0.6) is 11.5 Å². The first-order valence-corrected chi connectivity index (χ1v) is 11.1. The quantitative estimate of drug-likeness (QED) is 0.322. The van der Waals surface area contributed by atoms with Crippen LogP contribution in [0, 0.1) is 13.8 Å². The number of benzene rings is 2. The number of carbonyl (C=O) groups is 2. The second-order valence-electron chi connectivity index (χ2n) is 7.54. The fourth-order valence-corrected chi connectivity index (χ4v) is 4.96. The standard InChI is InChI=1S/C25H23NO5S/c1-4-31-19-10-9-16(13-15(19)3)22(28)20-21(24-14(2)11-12-32-24)26(25(30)23(20)29)17-7-5-6-8-18(17)27/h5-13,21,27-28H,4H2,1-3H3/b22-20-. The summed E-state index contributed by atoms with van der Waals surface area (Å²) in [6.07, 6.45) is 0. The zero-order valence-electron chi connectivity index (χ0n) is 18.0. The lowest BCUT2D eigenvalue weighted by Crippen LogP contribution is -2.29. The van der Waals surface area contributed by atoms with Gasteiger partial charge in [0, 0.05) is 10.4 Å². The van der Waals surface area contributed by atoms with Gasteiger partial charge in [-0.3, -0.25) is 14.5 Å². The van der Waals surface area contributed by atoms with Crippen LogP contribution >= 0.6 is 11.3 Å². The molecule has 0 saturated carbocycles. The number of hydrogen-bond acceptors (Lipinski definition) is 6. The SMILES string of the molecule is CCOc1ccc(/C(O)=C2/C(=O)C(=O)N(c3ccccc3O)C2c2sccc2C)cc1C. The Morgan fingerprint density at radius 2 is 1.84 bits per heavy atom. The number of aliphatic hydroxyl groups is 1. The molecule has 1 aromatic heterocycles. The monoisotopic (exact) mass is 449 g/mol. The Labute approximate surface area is 190 Å². The second-order valence-corrected chi connectivity index (χ2v) is 8.49. The zero-order chi connectivity index (χ0) is 23.0. The molecule has 0 aliphatic carbocycles. The number of amides is 1. The molecule has 1 aliphatic heterocycles. The summed E-state index contributed by atoms with van der Waals surface area (Å²) < 4.78 is 5.57. The number of nitrogens with zero attached hydrogens (tertiary/aromatic N) is 1. The topological polar surface area (TPSA) is 87.1 Å². The number of rotatable bonds is 5. The Kier molecular flexibility index (Phi) is 5.76. The normalized spacial score (nSPS) is 17.7. The molecule has 1 aliphatic rings. The molecule has 2 heterocycles. The van der Waals surface area contributed by atoms with Gasteiger partial charge < -0.3 is 14.9 Å². The van der Waals surface area contributed by atoms with Gasteiger partial charge in [-0.2, -0.15) is 0 Å². The van der Waals surface area contributed by atoms with E-state index in [1.807, 2.05) is 32.2 Å². The summed E-state index contributed by atoms with van der Waals surface area (Å²) in [5.74, 6) is -1.29. The van der Waals surface area contributed by atoms with Crippen molar-refractivity contribution in [2.24, 2.45) is 0 Å². The second kappa shape index (κ2) is 8.51. The number of Topliss-reactive ketones (excluding diaryl/α,β-unsaturated/α-hetero) is 1. The molecule has 6 nitrogen and oxygen atoms in total. The van der Waals surface area contributed by atoms with E-state index in [2.05, 4.69) is 0 Å². The lowest BCUT2D eigenvalue weighted by atomic mass is 9.97. The van der Waals surface area contributed by atoms with Crippen LogP contribution in [-0.2, 0) is 9.59 Å². The van der Waals surface area contributed by atoms with Crippen LogP contribution in [-0.4, -0.2) is 28.5 Å². The number of hydrogen-bond donors (Lipinski definition) is 2. The predicted octanol–water partition coefficient (Wildman–Crippen LogP) is 5.10. The Morgan fingerprint density at radius 1 is 1.09 bits per heavy atom. The van der Waals surface area contributed by atoms with Gasteiger partial charge in [0.2, 0.25) is 0 Å². The largest absolute Gasteiger partial charge is 0.507 e. The fraction of sp³-hybridized carbons (Fsp3) is 0.200. The van der Waals surface area contributed by atoms with Gasteiger partial charge in [0.15, 0.2) is 0 Å². The molecule has 1 fully saturated rings. The Hall–Kier alpha value is -3.58. The molecule has 0 spiro atoms. The minimum Gasteiger partial charge on any atom is -0.507 e. The number of phenolic OH excluding ortho intramolecular Hbond substituents is 1. The molecule has 0 bridgehead atoms. The van der Waals surface area contributed by atoms with E-state index in [0.717, 1.165) is 16.0 Å². The third kappa shape index (κ3) is 3.54. The third-order valence-corrected chi connectivity index (χ3v) is 6.56. The first-order chi connectivity index (χ1) is 15.3. The van der Waals surface area contributed by atoms with Crippen LogP contribution < -0.4 is 9.64 Å². The van der Waals surface area contributed by atoms with Crippen LogP contribution in [0.4, 0.5) is 5.69 Å². The van der Waals surface area contributed by atoms with Crippen molar-refractivity contribution in [2.75, 3.05) is 11.5 Å². The fourth-order valence-electron chi connectivity index (χ4n) is 3.93. The summed E-state index contributed by atoms with van der Waals surface area (Å²) in [7, 11) is 0. The minimum absolute atomic E-state index is 0.00707. The van der Waals surface area contributed by atoms with Crippen molar-refractivity contribution in [1.29, 1.82) is 0 Å². The highest BCUT2D eigenvalue weighted by Gasteiger charge is 2.48. The van der Waals surface area contributed by atoms with Crippen molar-refractivity contribution >= 4 is 34.5 Å². The van der Waals surface area contributed by atoms with Gasteiger partial charge in [-0.05, 0) is 73.7 Å². The van der Waals surface area contributed by atoms with Gasteiger partial charge in [-0.1, -0.05) is 12.1 Å². The number of ketones is 1. The summed E-state index contributed by atoms with van der Waals surface area (Å²) >= 11 is 1.39. The maximum Gasteiger partial charge on any atom is 0.300 e. The third-order valence-electron chi connectivity index (χ3n) is 5.48. The minimum atomic E-state index is -0.852. The van der Waals surface area contributed by atoms with Crippen LogP contribution in [0.2, 0.25) is 0 Å². The Bertz CT molecular complexity index is 1240. The van der Waals surface area contributed by atoms with E-state index in [-0.39, 0.29) is 22.8 Å². The number of aryl methyl sites for hydroxylation is 2. The summed E-state index contributed by atoms with van der Waals surface area (Å²) in [5.41, 5.74) is 2.31. The molecule has 2 aromatic carbocycles. The van der Waals surface area contributed by atoms with E-state index >= 15 is 0 Å². The van der Waals surface area contributed by atoms with Gasteiger partial charge in [-0.15, -0.1) is 11.3 Å². The van der Waals surface area contributed by atoms with Gasteiger partial charge in [0.25, 0.3) is 11.7 Å². The molecular formula is C25H23NO5S. The summed E-state index contributed by atoms with van der Waals surface area (Å²) in [6.45, 7) is 6.13. The number of anilines is 1. The van der Waals surface area contributed by atoms with Crippen LogP contribution in [0.3, 0.4) is 0 Å². The van der Waals surface area contributed by atoms with Gasteiger partial charge in [-0.25, -0.2) is 0 Å². The van der Waals surface area contributed by atoms with Gasteiger partial charge >= 0.3 is 0 Å². The first-order valence-electron chi connectivity index (χ1n) is 10.2. The number of aliphatic hydroxyl groups excluding tert-OH is 1. The van der Waals surface area contributed by atoms with Crippen molar-refractivity contribution in [1.82, 2.24) is 0 Å². The van der Waals surface area contributed by atoms with Gasteiger partial charge in [0.1, 0.15) is 23.3 Å². The average Bonchev–Trinajstić information content (AvgIpc) is 3.30. The highest BCUT2D eigenvalue weighted by molar-refractivity contribution is 7.10. The number of ether oxygens (including phenoxy) is 1. The van der Waals surface area contributed by atoms with Crippen LogP contribution in [0.25, 0.3) is 5.76 Å². The molecular weight excluding hydrogens is 426 g/mol. The average molecular weight is 450 g/mol. The molecule has 4 rings (SSSR count). The Balaban J connectivity index is 1.93. The highest BCUT2D eigenvalue weighted by atomic mass is 32.1. The molecule has 164 valence electrons. The number of para-hydroxylation sites is 2. The molecule has 1 saturated heterocycles. The van der Waals surface area contributed by atoms with E-state index in [1.54, 1.807) is 36.4 Å². The lowest BCUT2D eigenvalue weighted by molar-refractivity contribution is -0.132. The zero-order valence-corrected chi connectivity index (χ0v) is 18.8. The number of thiophene rings is 1. The van der Waals surface area contributed by atoms with E-state index in [0.29, 0.717) is 17.9 Å². The van der Waals surface area contributed by atoms with Crippen molar-refractivity contribution in [2.45, 2.75) is 26.8 Å². The van der Waals surface area contributed by atoms with E-state index in [1.165, 1.54) is 22.3 Å². The molecule has 7 heteroatoms. The lowest BCUT2D eigenvalue weighted by Gasteiger charge is -2.25. The molecule has 1 atom stereocenters. The van der Waals surface area contributed by atoms with E-state index in [9.17, 15) is 19.8 Å². The predicted molar refractivity (Wildman–Crippen MR) is 124 cm³/mol. The molecule has 0 radical (unpaired) electrons. The summed E-state index contributed by atoms with van der Waals surface area (Å²) in [5, 5.41) is 23.5. The molecule has 32 heavy (non-hydrogen) atoms. The van der Waals surface area contributed by atoms with Crippen molar-refractivity contribution in [3.05, 3.63) is 81.1 Å². The van der Waals surface area contributed by atoms with Crippen molar-refractivity contribution < 1.29 is 24.5 Å². The summed E-state index contributed by atoms with van der Waals surface area (Å²) in [4.78, 5) is 28.3. The maximum absolute atomic E-state index is 13.2. The maximum atomic E-state index is 13.2. The number of aromatic hydroxyl groups is 1. The molecule has 1 amide bonds. The van der Waals surface area contributed by atoms with Crippen molar-refractivity contribution in [3.63, 3.8) is 0 Å². The molecule has 3 aromatic rings. The van der Waals surface area contributed by atoms with Crippen LogP contribution in [0.15, 0.2) is 59.5 Å². The summed E-state index contributed by atoms with van der Waals surface area (Å²) in [6, 6.07) is 12.5. The first kappa shape index (κ1) is 21.6. The number of phenols is 1. The van der Waals surface area contributed by atoms with Crippen LogP contribution in [0.1, 0.15) is 34.5 Å². The van der Waals surface area contributed by atoms with Gasteiger partial charge in [0.05, 0.1) is 17.9 Å². The van der Waals surface area contributed by atoms with E-state index in [4.69, 9.17) is 4.74 Å². The molecule has 1 unspecified atom stereocenters. The van der Waals surface area contributed by atoms with Crippen molar-refractivity contribution in [3.8, 4) is 11.5 Å².